The molecule has 0 radical (unpaired) electrons. The maximum atomic E-state index is 12.8. The Morgan fingerprint density at radius 1 is 1.40 bits per heavy atom. The lowest BCUT2D eigenvalue weighted by Crippen LogP contribution is -2.13. The number of aryl methyl sites for hydroxylation is 1. The second-order valence-corrected chi connectivity index (χ2v) is 4.67. The molecule has 0 aliphatic carbocycles. The first kappa shape index (κ1) is 13.9. The number of carbonyl (C=O) groups is 2. The summed E-state index contributed by atoms with van der Waals surface area (Å²) in [4.78, 5) is 23.0. The van der Waals surface area contributed by atoms with Crippen molar-refractivity contribution < 1.29 is 24.2 Å². The van der Waals surface area contributed by atoms with Gasteiger partial charge in [-0.1, -0.05) is 0 Å². The Kier molecular flexibility index (Phi) is 3.66. The zero-order valence-electron chi connectivity index (χ0n) is 10.2. The SMILES string of the molecule is Cc1nsc(NC(=O)c2ccc(F)cc2O)c1C(=O)O. The van der Waals surface area contributed by atoms with Crippen molar-refractivity contribution in [3.05, 3.63) is 40.8 Å². The van der Waals surface area contributed by atoms with Gasteiger partial charge in [-0.2, -0.15) is 4.37 Å². The second-order valence-electron chi connectivity index (χ2n) is 3.89. The van der Waals surface area contributed by atoms with E-state index >= 15 is 0 Å². The highest BCUT2D eigenvalue weighted by Crippen LogP contribution is 2.26. The molecule has 8 heteroatoms. The maximum absolute atomic E-state index is 12.8. The standard InChI is InChI=1S/C12H9FN2O4S/c1-5-9(12(18)19)11(20-15-5)14-10(17)7-3-2-6(13)4-8(7)16/h2-4,16H,1H3,(H,14,17)(H,18,19). The normalized spacial score (nSPS) is 10.3. The summed E-state index contributed by atoms with van der Waals surface area (Å²) < 4.78 is 16.7. The van der Waals surface area contributed by atoms with Gasteiger partial charge >= 0.3 is 5.97 Å². The minimum absolute atomic E-state index is 0.0590. The molecule has 0 atom stereocenters. The summed E-state index contributed by atoms with van der Waals surface area (Å²) in [5.74, 6) is -3.16. The number of aromatic nitrogens is 1. The molecule has 0 aliphatic rings. The molecule has 2 rings (SSSR count). The van der Waals surface area contributed by atoms with E-state index in [4.69, 9.17) is 5.11 Å². The summed E-state index contributed by atoms with van der Waals surface area (Å²) in [7, 11) is 0. The lowest BCUT2D eigenvalue weighted by atomic mass is 10.2. The van der Waals surface area contributed by atoms with Crippen molar-refractivity contribution in [1.29, 1.82) is 0 Å². The van der Waals surface area contributed by atoms with Crippen LogP contribution in [0.5, 0.6) is 5.75 Å². The second kappa shape index (κ2) is 5.25. The fraction of sp³-hybridized carbons (Fsp3) is 0.0833. The molecule has 0 spiro atoms. The van der Waals surface area contributed by atoms with E-state index in [2.05, 4.69) is 9.69 Å². The van der Waals surface area contributed by atoms with Gasteiger partial charge in [0.25, 0.3) is 5.91 Å². The number of phenols is 1. The highest BCUT2D eigenvalue weighted by Gasteiger charge is 2.21. The van der Waals surface area contributed by atoms with Gasteiger partial charge in [-0.25, -0.2) is 9.18 Å². The third-order valence-corrected chi connectivity index (χ3v) is 3.36. The van der Waals surface area contributed by atoms with Crippen LogP contribution in [0.25, 0.3) is 0 Å². The van der Waals surface area contributed by atoms with E-state index in [1.807, 2.05) is 0 Å². The number of hydrogen-bond acceptors (Lipinski definition) is 5. The van der Waals surface area contributed by atoms with Crippen LogP contribution >= 0.6 is 11.5 Å². The first-order valence-electron chi connectivity index (χ1n) is 5.39. The van der Waals surface area contributed by atoms with Crippen LogP contribution in [0.15, 0.2) is 18.2 Å². The van der Waals surface area contributed by atoms with E-state index in [-0.39, 0.29) is 21.8 Å². The smallest absolute Gasteiger partial charge is 0.340 e. The fourth-order valence-electron chi connectivity index (χ4n) is 1.57. The number of phenolic OH excluding ortho intramolecular Hbond substituents is 1. The topological polar surface area (TPSA) is 99.5 Å². The molecule has 2 aromatic rings. The molecule has 1 aromatic heterocycles. The van der Waals surface area contributed by atoms with Crippen LogP contribution in [0, 0.1) is 12.7 Å². The zero-order chi connectivity index (χ0) is 14.9. The van der Waals surface area contributed by atoms with Crippen molar-refractivity contribution in [2.75, 3.05) is 5.32 Å². The van der Waals surface area contributed by atoms with E-state index in [0.29, 0.717) is 0 Å². The Bertz CT molecular complexity index is 699. The van der Waals surface area contributed by atoms with E-state index in [1.54, 1.807) is 0 Å². The highest BCUT2D eigenvalue weighted by molar-refractivity contribution is 7.11. The zero-order valence-corrected chi connectivity index (χ0v) is 11.0. The molecule has 1 aromatic carbocycles. The molecular weight excluding hydrogens is 287 g/mol. The molecule has 0 unspecified atom stereocenters. The van der Waals surface area contributed by atoms with E-state index in [0.717, 1.165) is 29.7 Å². The molecule has 1 heterocycles. The van der Waals surface area contributed by atoms with Gasteiger partial charge < -0.3 is 15.5 Å². The van der Waals surface area contributed by atoms with E-state index in [1.165, 1.54) is 6.92 Å². The molecule has 104 valence electrons. The lowest BCUT2D eigenvalue weighted by molar-refractivity contribution is 0.0697. The largest absolute Gasteiger partial charge is 0.507 e. The number of nitrogens with zero attached hydrogens (tertiary/aromatic N) is 1. The molecule has 0 fully saturated rings. The van der Waals surface area contributed by atoms with Gasteiger partial charge in [-0.3, -0.25) is 4.79 Å². The first-order valence-corrected chi connectivity index (χ1v) is 6.17. The van der Waals surface area contributed by atoms with Crippen molar-refractivity contribution in [3.8, 4) is 5.75 Å². The summed E-state index contributed by atoms with van der Waals surface area (Å²) in [5, 5.41) is 20.9. The van der Waals surface area contributed by atoms with Crippen molar-refractivity contribution in [2.24, 2.45) is 0 Å². The van der Waals surface area contributed by atoms with E-state index < -0.39 is 23.4 Å². The molecule has 0 saturated carbocycles. The Morgan fingerprint density at radius 3 is 2.70 bits per heavy atom. The molecule has 3 N–H and O–H groups in total. The lowest BCUT2D eigenvalue weighted by Gasteiger charge is -2.05. The van der Waals surface area contributed by atoms with Gasteiger partial charge in [0.1, 0.15) is 22.1 Å². The summed E-state index contributed by atoms with van der Waals surface area (Å²) in [6, 6.07) is 2.92. The quantitative estimate of drug-likeness (QED) is 0.806. The Morgan fingerprint density at radius 2 is 2.10 bits per heavy atom. The van der Waals surface area contributed by atoms with Crippen molar-refractivity contribution in [2.45, 2.75) is 6.92 Å². The number of carboxylic acid groups (broad SMARTS) is 1. The number of halogens is 1. The third kappa shape index (κ3) is 2.59. The monoisotopic (exact) mass is 296 g/mol. The third-order valence-electron chi connectivity index (χ3n) is 2.51. The average Bonchev–Trinajstić information content (AvgIpc) is 2.70. The van der Waals surface area contributed by atoms with Gasteiger partial charge in [0.2, 0.25) is 0 Å². The number of benzene rings is 1. The summed E-state index contributed by atoms with van der Waals surface area (Å²) >= 11 is 0.818. The molecule has 0 aliphatic heterocycles. The van der Waals surface area contributed by atoms with Crippen LogP contribution in [-0.2, 0) is 0 Å². The number of hydrogen-bond donors (Lipinski definition) is 3. The molecule has 0 saturated heterocycles. The minimum Gasteiger partial charge on any atom is -0.507 e. The number of nitrogens with one attached hydrogen (secondary N) is 1. The number of aromatic carboxylic acids is 1. The average molecular weight is 296 g/mol. The minimum atomic E-state index is -1.21. The van der Waals surface area contributed by atoms with Crippen molar-refractivity contribution in [1.82, 2.24) is 4.37 Å². The first-order chi connectivity index (χ1) is 9.40. The van der Waals surface area contributed by atoms with Gasteiger partial charge in [0.05, 0.1) is 11.3 Å². The predicted octanol–water partition coefficient (Wildman–Crippen LogP) is 2.25. The Hall–Kier alpha value is -2.48. The van der Waals surface area contributed by atoms with Crippen molar-refractivity contribution >= 4 is 28.4 Å². The van der Waals surface area contributed by atoms with Gasteiger partial charge in [-0.15, -0.1) is 0 Å². The van der Waals surface area contributed by atoms with Crippen LogP contribution in [0.3, 0.4) is 0 Å². The van der Waals surface area contributed by atoms with Crippen LogP contribution < -0.4 is 5.32 Å². The Balaban J connectivity index is 2.31. The van der Waals surface area contributed by atoms with Gasteiger partial charge in [-0.05, 0) is 30.6 Å². The molecule has 6 nitrogen and oxygen atoms in total. The number of carboxylic acids is 1. The summed E-state index contributed by atoms with van der Waals surface area (Å²) in [5.41, 5.74) is 0.0138. The highest BCUT2D eigenvalue weighted by atomic mass is 32.1. The van der Waals surface area contributed by atoms with Crippen LogP contribution in [0.1, 0.15) is 26.4 Å². The number of amides is 1. The fourth-order valence-corrected chi connectivity index (χ4v) is 2.36. The van der Waals surface area contributed by atoms with Crippen molar-refractivity contribution in [3.63, 3.8) is 0 Å². The van der Waals surface area contributed by atoms with E-state index in [9.17, 15) is 19.1 Å². The van der Waals surface area contributed by atoms with Crippen LogP contribution in [0.4, 0.5) is 9.39 Å². The van der Waals surface area contributed by atoms with Gasteiger partial charge in [0, 0.05) is 6.07 Å². The van der Waals surface area contributed by atoms with Crippen LogP contribution in [0.2, 0.25) is 0 Å². The summed E-state index contributed by atoms with van der Waals surface area (Å²) in [6.45, 7) is 1.50. The predicted molar refractivity (Wildman–Crippen MR) is 69.8 cm³/mol. The molecule has 1 amide bonds. The number of rotatable bonds is 3. The molecular formula is C12H9FN2O4S. The molecule has 0 bridgehead atoms. The van der Waals surface area contributed by atoms with Crippen LogP contribution in [-0.4, -0.2) is 26.5 Å². The molecule has 20 heavy (non-hydrogen) atoms. The maximum Gasteiger partial charge on any atom is 0.340 e. The Labute approximate surface area is 116 Å². The summed E-state index contributed by atoms with van der Waals surface area (Å²) in [6.07, 6.45) is 0. The number of anilines is 1. The van der Waals surface area contributed by atoms with Gasteiger partial charge in [0.15, 0.2) is 0 Å². The number of aromatic hydroxyl groups is 1. The number of carbonyl (C=O) groups excluding carboxylic acids is 1.